The first-order chi connectivity index (χ1) is 9.25. The summed E-state index contributed by atoms with van der Waals surface area (Å²) in [7, 11) is 0. The van der Waals surface area contributed by atoms with Gasteiger partial charge in [-0.15, -0.1) is 0 Å². The molecule has 0 saturated heterocycles. The molecule has 20 heavy (non-hydrogen) atoms. The molecule has 0 spiro atoms. The zero-order valence-corrected chi connectivity index (χ0v) is 10.7. The Kier molecular flexibility index (Phi) is 5.09. The summed E-state index contributed by atoms with van der Waals surface area (Å²) in [6.07, 6.45) is -4.52. The van der Waals surface area contributed by atoms with Crippen LogP contribution in [-0.4, -0.2) is 24.9 Å². The highest BCUT2D eigenvalue weighted by molar-refractivity contribution is 6.39. The van der Waals surface area contributed by atoms with Gasteiger partial charge in [0.15, 0.2) is 0 Å². The van der Waals surface area contributed by atoms with Crippen molar-refractivity contribution in [1.82, 2.24) is 5.32 Å². The third-order valence-electron chi connectivity index (χ3n) is 2.44. The topological polar surface area (TPSA) is 84.2 Å². The van der Waals surface area contributed by atoms with E-state index in [1.54, 1.807) is 0 Å². The van der Waals surface area contributed by atoms with Crippen LogP contribution >= 0.6 is 0 Å². The number of carbonyl (C=O) groups is 2. The van der Waals surface area contributed by atoms with Crippen LogP contribution in [0.3, 0.4) is 0 Å². The summed E-state index contributed by atoms with van der Waals surface area (Å²) in [5.41, 5.74) is 4.21. The van der Waals surface area contributed by atoms with E-state index >= 15 is 0 Å². The van der Waals surface area contributed by atoms with Gasteiger partial charge >= 0.3 is 18.0 Å². The Morgan fingerprint density at radius 2 is 1.90 bits per heavy atom. The average molecular weight is 289 g/mol. The number of hydrogen-bond acceptors (Lipinski definition) is 3. The van der Waals surface area contributed by atoms with Crippen LogP contribution in [0.5, 0.6) is 0 Å². The van der Waals surface area contributed by atoms with Crippen molar-refractivity contribution in [3.05, 3.63) is 29.3 Å². The van der Waals surface area contributed by atoms with Crippen LogP contribution in [0.1, 0.15) is 11.1 Å². The lowest BCUT2D eigenvalue weighted by Gasteiger charge is -2.12. The standard InChI is InChI=1S/C12H14F3N3O2/c1-7-2-3-8(6-9(7)12(13,14)15)18-11(20)10(19)17-5-4-16/h2-3,6H,4-5,16H2,1H3,(H,17,19)(H,18,20). The fraction of sp³-hybridized carbons (Fsp3) is 0.333. The van der Waals surface area contributed by atoms with Crippen LogP contribution in [0.25, 0.3) is 0 Å². The molecule has 0 radical (unpaired) electrons. The number of rotatable bonds is 3. The molecular formula is C12H14F3N3O2. The molecule has 2 amide bonds. The molecule has 0 bridgehead atoms. The highest BCUT2D eigenvalue weighted by atomic mass is 19.4. The SMILES string of the molecule is Cc1ccc(NC(=O)C(=O)NCCN)cc1C(F)(F)F. The summed E-state index contributed by atoms with van der Waals surface area (Å²) >= 11 is 0. The van der Waals surface area contributed by atoms with Gasteiger partial charge in [-0.3, -0.25) is 9.59 Å². The van der Waals surface area contributed by atoms with Gasteiger partial charge in [0.25, 0.3) is 0 Å². The van der Waals surface area contributed by atoms with Crippen molar-refractivity contribution >= 4 is 17.5 Å². The molecule has 0 unspecified atom stereocenters. The van der Waals surface area contributed by atoms with Gasteiger partial charge < -0.3 is 16.4 Å². The number of aryl methyl sites for hydroxylation is 1. The molecule has 0 aliphatic carbocycles. The molecule has 0 saturated carbocycles. The summed E-state index contributed by atoms with van der Waals surface area (Å²) in [6, 6.07) is 3.29. The van der Waals surface area contributed by atoms with E-state index in [0.717, 1.165) is 6.07 Å². The van der Waals surface area contributed by atoms with Gasteiger partial charge in [-0.25, -0.2) is 0 Å². The average Bonchev–Trinajstić information content (AvgIpc) is 2.36. The monoisotopic (exact) mass is 289 g/mol. The molecule has 110 valence electrons. The maximum atomic E-state index is 12.7. The van der Waals surface area contributed by atoms with E-state index in [1.807, 2.05) is 0 Å². The van der Waals surface area contributed by atoms with Gasteiger partial charge in [0.05, 0.1) is 5.56 Å². The molecule has 1 aromatic rings. The normalized spacial score (nSPS) is 11.1. The van der Waals surface area contributed by atoms with Gasteiger partial charge in [0.2, 0.25) is 0 Å². The molecule has 0 aliphatic heterocycles. The Hall–Kier alpha value is -2.09. The van der Waals surface area contributed by atoms with Crippen molar-refractivity contribution in [3.63, 3.8) is 0 Å². The van der Waals surface area contributed by atoms with Crippen molar-refractivity contribution in [2.45, 2.75) is 13.1 Å². The Balaban J connectivity index is 2.84. The van der Waals surface area contributed by atoms with Gasteiger partial charge in [0, 0.05) is 18.8 Å². The lowest BCUT2D eigenvalue weighted by molar-refractivity contribution is -0.138. The number of alkyl halides is 3. The second-order valence-electron chi connectivity index (χ2n) is 4.03. The van der Waals surface area contributed by atoms with Crippen LogP contribution < -0.4 is 16.4 Å². The molecule has 0 aliphatic rings. The van der Waals surface area contributed by atoms with Crippen LogP contribution in [0, 0.1) is 6.92 Å². The van der Waals surface area contributed by atoms with E-state index in [9.17, 15) is 22.8 Å². The molecular weight excluding hydrogens is 275 g/mol. The summed E-state index contributed by atoms with van der Waals surface area (Å²) in [5.74, 6) is -2.00. The fourth-order valence-electron chi connectivity index (χ4n) is 1.46. The smallest absolute Gasteiger partial charge is 0.347 e. The number of benzene rings is 1. The number of nitrogens with two attached hydrogens (primary N) is 1. The van der Waals surface area contributed by atoms with E-state index < -0.39 is 23.6 Å². The minimum Gasteiger partial charge on any atom is -0.347 e. The molecule has 0 aromatic heterocycles. The Labute approximate surface area is 113 Å². The summed E-state index contributed by atoms with van der Waals surface area (Å²) < 4.78 is 38.1. The Morgan fingerprint density at radius 3 is 2.45 bits per heavy atom. The predicted octanol–water partition coefficient (Wildman–Crippen LogP) is 1.03. The van der Waals surface area contributed by atoms with Crippen molar-refractivity contribution in [2.75, 3.05) is 18.4 Å². The van der Waals surface area contributed by atoms with Crippen molar-refractivity contribution in [1.29, 1.82) is 0 Å². The summed E-state index contributed by atoms with van der Waals surface area (Å²) in [4.78, 5) is 22.7. The van der Waals surface area contributed by atoms with Gasteiger partial charge in [0.1, 0.15) is 0 Å². The van der Waals surface area contributed by atoms with E-state index in [2.05, 4.69) is 10.6 Å². The number of hydrogen-bond donors (Lipinski definition) is 3. The van der Waals surface area contributed by atoms with Crippen LogP contribution in [0.15, 0.2) is 18.2 Å². The van der Waals surface area contributed by atoms with Crippen LogP contribution in [0.2, 0.25) is 0 Å². The quantitative estimate of drug-likeness (QED) is 0.727. The lowest BCUT2D eigenvalue weighted by atomic mass is 10.1. The third kappa shape index (κ3) is 4.23. The second-order valence-corrected chi connectivity index (χ2v) is 4.03. The molecule has 1 rings (SSSR count). The molecule has 0 atom stereocenters. The molecule has 5 nitrogen and oxygen atoms in total. The first-order valence-electron chi connectivity index (χ1n) is 5.73. The number of anilines is 1. The van der Waals surface area contributed by atoms with Crippen molar-refractivity contribution in [3.8, 4) is 0 Å². The highest BCUT2D eigenvalue weighted by Crippen LogP contribution is 2.33. The van der Waals surface area contributed by atoms with Gasteiger partial charge in [-0.1, -0.05) is 6.07 Å². The van der Waals surface area contributed by atoms with E-state index in [4.69, 9.17) is 5.73 Å². The summed E-state index contributed by atoms with van der Waals surface area (Å²) in [6.45, 7) is 1.57. The zero-order chi connectivity index (χ0) is 15.3. The molecule has 0 heterocycles. The number of carbonyl (C=O) groups excluding carboxylic acids is 2. The predicted molar refractivity (Wildman–Crippen MR) is 66.9 cm³/mol. The third-order valence-corrected chi connectivity index (χ3v) is 2.44. The van der Waals surface area contributed by atoms with Crippen LogP contribution in [-0.2, 0) is 15.8 Å². The first kappa shape index (κ1) is 16.0. The number of halogens is 3. The Morgan fingerprint density at radius 1 is 1.25 bits per heavy atom. The van der Waals surface area contributed by atoms with Crippen LogP contribution in [0.4, 0.5) is 18.9 Å². The lowest BCUT2D eigenvalue weighted by Crippen LogP contribution is -2.38. The van der Waals surface area contributed by atoms with Gasteiger partial charge in [-0.2, -0.15) is 13.2 Å². The minimum absolute atomic E-state index is 0.0306. The minimum atomic E-state index is -4.52. The largest absolute Gasteiger partial charge is 0.416 e. The van der Waals surface area contributed by atoms with Crippen molar-refractivity contribution in [2.24, 2.45) is 5.73 Å². The fourth-order valence-corrected chi connectivity index (χ4v) is 1.46. The summed E-state index contributed by atoms with van der Waals surface area (Å²) in [5, 5.41) is 4.31. The molecule has 8 heteroatoms. The first-order valence-corrected chi connectivity index (χ1v) is 5.73. The van der Waals surface area contributed by atoms with E-state index in [1.165, 1.54) is 19.1 Å². The Bertz CT molecular complexity index is 515. The number of nitrogens with one attached hydrogen (secondary N) is 2. The van der Waals surface area contributed by atoms with Gasteiger partial charge in [-0.05, 0) is 24.6 Å². The second kappa shape index (κ2) is 6.38. The van der Waals surface area contributed by atoms with E-state index in [0.29, 0.717) is 0 Å². The number of amides is 2. The molecule has 4 N–H and O–H groups in total. The highest BCUT2D eigenvalue weighted by Gasteiger charge is 2.32. The molecule has 0 fully saturated rings. The maximum Gasteiger partial charge on any atom is 0.416 e. The zero-order valence-electron chi connectivity index (χ0n) is 10.7. The van der Waals surface area contributed by atoms with Crippen molar-refractivity contribution < 1.29 is 22.8 Å². The van der Waals surface area contributed by atoms with E-state index in [-0.39, 0.29) is 24.3 Å². The maximum absolute atomic E-state index is 12.7. The molecule has 1 aromatic carbocycles.